The Labute approximate surface area is 212 Å². The lowest BCUT2D eigenvalue weighted by atomic mass is 9.73. The van der Waals surface area contributed by atoms with Crippen LogP contribution in [0.4, 0.5) is 0 Å². The second-order valence-corrected chi connectivity index (χ2v) is 12.1. The first kappa shape index (κ1) is 27.9. The van der Waals surface area contributed by atoms with E-state index in [-0.39, 0.29) is 24.2 Å². The third-order valence-corrected chi connectivity index (χ3v) is 8.33. The van der Waals surface area contributed by atoms with E-state index in [1.54, 1.807) is 32.1 Å². The van der Waals surface area contributed by atoms with E-state index in [1.807, 2.05) is 39.2 Å². The average molecular weight is 509 g/mol. The third-order valence-electron chi connectivity index (χ3n) is 7.54. The number of ether oxygens (including phenoxy) is 2. The fraction of sp³-hybridized carbons (Fsp3) is 0.731. The van der Waals surface area contributed by atoms with Crippen LogP contribution in [-0.2, 0) is 19.1 Å². The highest BCUT2D eigenvalue weighted by Gasteiger charge is 2.53. The molecule has 3 heterocycles. The summed E-state index contributed by atoms with van der Waals surface area (Å²) in [6.07, 6.45) is -0.710. The van der Waals surface area contributed by atoms with Crippen molar-refractivity contribution in [1.29, 1.82) is 0 Å². The second-order valence-electron chi connectivity index (χ2n) is 11.0. The van der Waals surface area contributed by atoms with Crippen molar-refractivity contribution in [1.82, 2.24) is 10.3 Å². The summed E-state index contributed by atoms with van der Waals surface area (Å²) in [5.41, 5.74) is 0.0149. The molecule has 7 atom stereocenters. The number of cyclic esters (lactones) is 1. The standard InChI is InChI=1S/C26H40N2O6S/c1-14(8-18-12-35-17(4)28-18)19-9-21-26(7,34-21)13-27-11-15(2)23(31)16(3)24(32)25(5,6)20(29)10-22(30)33-19/h8,12,15-16,19-21,23,27,29,31H,9-11,13H2,1-7H3/t15-,16+,19-,20-,21+,23-,26+/m1/s1. The molecule has 1 aromatic heterocycles. The van der Waals surface area contributed by atoms with E-state index in [9.17, 15) is 19.8 Å². The number of thiazole rings is 1. The van der Waals surface area contributed by atoms with E-state index in [0.717, 1.165) is 16.3 Å². The number of Topliss-reactive ketones (excluding diaryl/α,β-unsaturated/α-hetero) is 1. The van der Waals surface area contributed by atoms with Gasteiger partial charge in [0.25, 0.3) is 0 Å². The minimum Gasteiger partial charge on any atom is -0.458 e. The van der Waals surface area contributed by atoms with Crippen LogP contribution in [0.5, 0.6) is 0 Å². The molecule has 0 saturated carbocycles. The number of aryl methyl sites for hydroxylation is 1. The number of rotatable bonds is 2. The molecular weight excluding hydrogens is 468 g/mol. The number of carbonyl (C=O) groups is 2. The van der Waals surface area contributed by atoms with Crippen LogP contribution in [-0.4, -0.2) is 70.1 Å². The Balaban J connectivity index is 1.85. The van der Waals surface area contributed by atoms with Crippen LogP contribution in [0, 0.1) is 24.2 Å². The van der Waals surface area contributed by atoms with Gasteiger partial charge in [-0.15, -0.1) is 11.3 Å². The molecule has 0 aliphatic carbocycles. The molecule has 2 saturated heterocycles. The topological polar surface area (TPSA) is 121 Å². The molecule has 0 bridgehead atoms. The number of epoxide rings is 1. The lowest BCUT2D eigenvalue weighted by Gasteiger charge is -2.34. The van der Waals surface area contributed by atoms with Gasteiger partial charge < -0.3 is 25.0 Å². The van der Waals surface area contributed by atoms with Crippen LogP contribution in [0.2, 0.25) is 0 Å². The van der Waals surface area contributed by atoms with E-state index >= 15 is 0 Å². The van der Waals surface area contributed by atoms with Gasteiger partial charge >= 0.3 is 5.97 Å². The zero-order valence-electron chi connectivity index (χ0n) is 21.8. The monoisotopic (exact) mass is 508 g/mol. The zero-order chi connectivity index (χ0) is 26.1. The molecule has 3 rings (SSSR count). The number of ketones is 1. The second kappa shape index (κ2) is 10.8. The predicted octanol–water partition coefficient (Wildman–Crippen LogP) is 2.90. The van der Waals surface area contributed by atoms with Gasteiger partial charge in [-0.2, -0.15) is 0 Å². The van der Waals surface area contributed by atoms with Gasteiger partial charge in [0.05, 0.1) is 40.8 Å². The third kappa shape index (κ3) is 6.57. The highest BCUT2D eigenvalue weighted by molar-refractivity contribution is 7.09. The Hall–Kier alpha value is -1.65. The van der Waals surface area contributed by atoms with Crippen molar-refractivity contribution < 1.29 is 29.3 Å². The predicted molar refractivity (Wildman–Crippen MR) is 135 cm³/mol. The van der Waals surface area contributed by atoms with Crippen LogP contribution < -0.4 is 5.32 Å². The fourth-order valence-electron chi connectivity index (χ4n) is 4.73. The van der Waals surface area contributed by atoms with Gasteiger partial charge in [-0.05, 0) is 38.3 Å². The Bertz CT molecular complexity index is 959. The lowest BCUT2D eigenvalue weighted by molar-refractivity contribution is -0.154. The number of nitrogens with zero attached hydrogens (tertiary/aromatic N) is 1. The summed E-state index contributed by atoms with van der Waals surface area (Å²) in [6.45, 7) is 13.7. The summed E-state index contributed by atoms with van der Waals surface area (Å²) in [5, 5.41) is 27.9. The van der Waals surface area contributed by atoms with Gasteiger partial charge in [0.1, 0.15) is 17.5 Å². The fourth-order valence-corrected chi connectivity index (χ4v) is 5.30. The van der Waals surface area contributed by atoms with Crippen LogP contribution in [0.15, 0.2) is 11.0 Å². The van der Waals surface area contributed by atoms with Crippen molar-refractivity contribution in [3.8, 4) is 0 Å². The first-order valence-electron chi connectivity index (χ1n) is 12.3. The molecule has 0 radical (unpaired) electrons. The van der Waals surface area contributed by atoms with Gasteiger partial charge in [0, 0.05) is 30.8 Å². The van der Waals surface area contributed by atoms with E-state index in [0.29, 0.717) is 19.5 Å². The largest absolute Gasteiger partial charge is 0.458 e. The molecule has 8 nitrogen and oxygen atoms in total. The van der Waals surface area contributed by atoms with Gasteiger partial charge in [-0.1, -0.05) is 27.7 Å². The summed E-state index contributed by atoms with van der Waals surface area (Å²) < 4.78 is 11.8. The summed E-state index contributed by atoms with van der Waals surface area (Å²) >= 11 is 1.55. The maximum absolute atomic E-state index is 13.2. The van der Waals surface area contributed by atoms with Gasteiger partial charge in [-0.25, -0.2) is 4.98 Å². The Morgan fingerprint density at radius 2 is 1.94 bits per heavy atom. The van der Waals surface area contributed by atoms with Crippen molar-refractivity contribution >= 4 is 29.2 Å². The molecule has 35 heavy (non-hydrogen) atoms. The molecule has 0 unspecified atom stereocenters. The molecule has 1 aromatic rings. The Morgan fingerprint density at radius 1 is 1.26 bits per heavy atom. The normalized spacial score (nSPS) is 37.5. The van der Waals surface area contributed by atoms with Crippen molar-refractivity contribution in [2.24, 2.45) is 17.3 Å². The average Bonchev–Trinajstić information content (AvgIpc) is 3.22. The molecule has 0 aromatic carbocycles. The van der Waals surface area contributed by atoms with Crippen LogP contribution in [0.1, 0.15) is 65.1 Å². The van der Waals surface area contributed by atoms with Gasteiger partial charge in [0.2, 0.25) is 0 Å². The van der Waals surface area contributed by atoms with E-state index in [4.69, 9.17) is 9.47 Å². The molecule has 3 N–H and O–H groups in total. The highest BCUT2D eigenvalue weighted by atomic mass is 32.1. The smallest absolute Gasteiger partial charge is 0.309 e. The van der Waals surface area contributed by atoms with Crippen molar-refractivity contribution in [2.75, 3.05) is 13.1 Å². The number of esters is 1. The Kier molecular flexibility index (Phi) is 8.59. The summed E-state index contributed by atoms with van der Waals surface area (Å²) in [6, 6.07) is 0. The van der Waals surface area contributed by atoms with E-state index < -0.39 is 41.2 Å². The number of aliphatic hydroxyl groups excluding tert-OH is 2. The number of hydrogen-bond acceptors (Lipinski definition) is 9. The van der Waals surface area contributed by atoms with Crippen LogP contribution >= 0.6 is 11.3 Å². The number of nitrogens with one attached hydrogen (secondary N) is 1. The van der Waals surface area contributed by atoms with Crippen molar-refractivity contribution in [3.05, 3.63) is 21.7 Å². The first-order valence-corrected chi connectivity index (χ1v) is 13.2. The van der Waals surface area contributed by atoms with E-state index in [2.05, 4.69) is 10.3 Å². The van der Waals surface area contributed by atoms with E-state index in [1.165, 1.54) is 0 Å². The lowest BCUT2D eigenvalue weighted by Crippen LogP contribution is -2.47. The molecule has 2 fully saturated rings. The SMILES string of the molecule is CC(=Cc1csc(C)n1)[C@H]1C[C@@H]2O[C@@]2(C)CNC[C@@H](C)[C@@H](O)[C@H](C)C(=O)C(C)(C)[C@H](O)CC(=O)O1. The molecule has 0 amide bonds. The van der Waals surface area contributed by atoms with Crippen molar-refractivity contribution in [2.45, 2.75) is 91.3 Å². The molecule has 2 aliphatic rings. The molecule has 9 heteroatoms. The van der Waals surface area contributed by atoms with Crippen LogP contribution in [0.3, 0.4) is 0 Å². The number of fused-ring (bicyclic) bond motifs is 1. The van der Waals surface area contributed by atoms with Crippen LogP contribution in [0.25, 0.3) is 6.08 Å². The summed E-state index contributed by atoms with van der Waals surface area (Å²) in [7, 11) is 0. The number of carbonyl (C=O) groups excluding carboxylic acids is 2. The summed E-state index contributed by atoms with van der Waals surface area (Å²) in [5.74, 6) is -1.74. The van der Waals surface area contributed by atoms with Gasteiger partial charge in [-0.3, -0.25) is 9.59 Å². The molecular formula is C26H40N2O6S. The molecule has 196 valence electrons. The minimum atomic E-state index is -1.24. The quantitative estimate of drug-likeness (QED) is 0.412. The molecule has 0 spiro atoms. The first-order chi connectivity index (χ1) is 16.2. The number of aliphatic hydroxyl groups is 2. The molecule has 2 aliphatic heterocycles. The number of aromatic nitrogens is 1. The van der Waals surface area contributed by atoms with Gasteiger partial charge in [0.15, 0.2) is 0 Å². The highest BCUT2D eigenvalue weighted by Crippen LogP contribution is 2.40. The van der Waals surface area contributed by atoms with Crippen molar-refractivity contribution in [3.63, 3.8) is 0 Å². The maximum Gasteiger partial charge on any atom is 0.309 e. The Morgan fingerprint density at radius 3 is 2.57 bits per heavy atom. The number of hydrogen-bond donors (Lipinski definition) is 3. The minimum absolute atomic E-state index is 0.108. The maximum atomic E-state index is 13.2. The summed E-state index contributed by atoms with van der Waals surface area (Å²) in [4.78, 5) is 30.6. The zero-order valence-corrected chi connectivity index (χ0v) is 22.6.